The zero-order valence-electron chi connectivity index (χ0n) is 16.5. The summed E-state index contributed by atoms with van der Waals surface area (Å²) in [6.07, 6.45) is 0.248. The molecular formula is C22H24N2O3S2. The molecule has 0 bridgehead atoms. The van der Waals surface area contributed by atoms with Crippen molar-refractivity contribution >= 4 is 32.7 Å². The Balaban J connectivity index is 1.57. The summed E-state index contributed by atoms with van der Waals surface area (Å²) in [6, 6.07) is 15.9. The van der Waals surface area contributed by atoms with Crippen molar-refractivity contribution in [2.45, 2.75) is 38.1 Å². The van der Waals surface area contributed by atoms with Crippen LogP contribution in [-0.2, 0) is 27.6 Å². The molecule has 2 aliphatic rings. The van der Waals surface area contributed by atoms with Crippen molar-refractivity contribution in [2.24, 2.45) is 4.99 Å². The average molecular weight is 429 g/mol. The highest BCUT2D eigenvalue weighted by molar-refractivity contribution is 8.15. The lowest BCUT2D eigenvalue weighted by atomic mass is 10.1. The second kappa shape index (κ2) is 7.95. The topological polar surface area (TPSA) is 66.8 Å². The van der Waals surface area contributed by atoms with Gasteiger partial charge in [0.15, 0.2) is 15.0 Å². The monoisotopic (exact) mass is 428 g/mol. The van der Waals surface area contributed by atoms with Crippen molar-refractivity contribution in [2.75, 3.05) is 11.5 Å². The molecule has 2 aliphatic heterocycles. The molecule has 0 saturated carbocycles. The first-order chi connectivity index (χ1) is 13.8. The molecule has 2 atom stereocenters. The third-order valence-electron chi connectivity index (χ3n) is 5.31. The van der Waals surface area contributed by atoms with Crippen LogP contribution in [0, 0.1) is 13.8 Å². The highest BCUT2D eigenvalue weighted by Crippen LogP contribution is 2.39. The van der Waals surface area contributed by atoms with Crippen LogP contribution in [0.3, 0.4) is 0 Å². The third kappa shape index (κ3) is 4.73. The molecular weight excluding hydrogens is 404 g/mol. The number of rotatable bonds is 4. The van der Waals surface area contributed by atoms with Crippen molar-refractivity contribution in [1.29, 1.82) is 0 Å². The number of aliphatic imine (C=N–C) groups is 1. The molecule has 152 valence electrons. The predicted octanol–water partition coefficient (Wildman–Crippen LogP) is 3.14. The number of fused-ring (bicyclic) bond motifs is 1. The molecule has 5 nitrogen and oxygen atoms in total. The SMILES string of the molecule is Cc1ccc(CN2C(=NC(=O)Cc3cccc(C)c3)S[C@@H]3CS(=O)(=O)C[C@@H]32)cc1. The minimum atomic E-state index is -3.05. The van der Waals surface area contributed by atoms with Crippen LogP contribution in [0.5, 0.6) is 0 Å². The summed E-state index contributed by atoms with van der Waals surface area (Å²) < 4.78 is 24.3. The van der Waals surface area contributed by atoms with Crippen LogP contribution >= 0.6 is 11.8 Å². The number of amides is 1. The van der Waals surface area contributed by atoms with E-state index in [4.69, 9.17) is 0 Å². The van der Waals surface area contributed by atoms with Crippen LogP contribution in [-0.4, -0.2) is 47.2 Å². The van der Waals surface area contributed by atoms with Gasteiger partial charge in [-0.05, 0) is 25.0 Å². The van der Waals surface area contributed by atoms with E-state index in [1.54, 1.807) is 0 Å². The fourth-order valence-corrected chi connectivity index (χ4v) is 7.82. The summed E-state index contributed by atoms with van der Waals surface area (Å²) in [5, 5.41) is 0.587. The Bertz CT molecular complexity index is 1060. The first kappa shape index (κ1) is 20.2. The normalized spacial score (nSPS) is 24.1. The molecule has 29 heavy (non-hydrogen) atoms. The van der Waals surface area contributed by atoms with Gasteiger partial charge in [-0.3, -0.25) is 4.79 Å². The Morgan fingerprint density at radius 3 is 2.55 bits per heavy atom. The van der Waals surface area contributed by atoms with E-state index in [0.717, 1.165) is 16.7 Å². The molecule has 2 aromatic carbocycles. The maximum atomic E-state index is 12.6. The third-order valence-corrected chi connectivity index (χ3v) is 8.55. The number of thioether (sulfide) groups is 1. The van der Waals surface area contributed by atoms with Gasteiger partial charge in [-0.2, -0.15) is 4.99 Å². The summed E-state index contributed by atoms with van der Waals surface area (Å²) in [4.78, 5) is 19.0. The first-order valence-electron chi connectivity index (χ1n) is 9.65. The van der Waals surface area contributed by atoms with Gasteiger partial charge in [0.25, 0.3) is 5.91 Å². The van der Waals surface area contributed by atoms with E-state index < -0.39 is 9.84 Å². The maximum Gasteiger partial charge on any atom is 0.252 e. The van der Waals surface area contributed by atoms with Gasteiger partial charge in [0, 0.05) is 11.8 Å². The second-order valence-electron chi connectivity index (χ2n) is 7.87. The minimum absolute atomic E-state index is 0.0593. The van der Waals surface area contributed by atoms with E-state index in [9.17, 15) is 13.2 Å². The van der Waals surface area contributed by atoms with Gasteiger partial charge >= 0.3 is 0 Å². The van der Waals surface area contributed by atoms with Gasteiger partial charge in [-0.1, -0.05) is 71.4 Å². The van der Waals surface area contributed by atoms with Gasteiger partial charge in [0.1, 0.15) is 0 Å². The summed E-state index contributed by atoms with van der Waals surface area (Å²) in [7, 11) is -3.05. The van der Waals surface area contributed by atoms with Gasteiger partial charge in [0.2, 0.25) is 0 Å². The van der Waals surface area contributed by atoms with E-state index in [2.05, 4.69) is 4.99 Å². The lowest BCUT2D eigenvalue weighted by Gasteiger charge is -2.24. The molecule has 2 fully saturated rings. The number of sulfone groups is 1. The number of carbonyl (C=O) groups excluding carboxylic acids is 1. The van der Waals surface area contributed by atoms with Crippen LogP contribution < -0.4 is 0 Å². The maximum absolute atomic E-state index is 12.6. The van der Waals surface area contributed by atoms with E-state index in [-0.39, 0.29) is 35.1 Å². The smallest absolute Gasteiger partial charge is 0.252 e. The van der Waals surface area contributed by atoms with Crippen LogP contribution in [0.1, 0.15) is 22.3 Å². The lowest BCUT2D eigenvalue weighted by Crippen LogP contribution is -2.37. The predicted molar refractivity (Wildman–Crippen MR) is 118 cm³/mol. The van der Waals surface area contributed by atoms with Crippen LogP contribution in [0.4, 0.5) is 0 Å². The van der Waals surface area contributed by atoms with E-state index >= 15 is 0 Å². The molecule has 0 spiro atoms. The standard InChI is InChI=1S/C22H24N2O3S2/c1-15-6-8-17(9-7-15)12-24-19-13-29(26,27)14-20(19)28-22(24)23-21(25)11-18-5-3-4-16(2)10-18/h3-10,19-20H,11-14H2,1-2H3/t19-,20+/m0/s1. The average Bonchev–Trinajstić information content (AvgIpc) is 3.09. The molecule has 0 radical (unpaired) electrons. The molecule has 0 aromatic heterocycles. The van der Waals surface area contributed by atoms with Crippen molar-refractivity contribution in [3.05, 3.63) is 70.8 Å². The molecule has 0 N–H and O–H groups in total. The lowest BCUT2D eigenvalue weighted by molar-refractivity contribution is -0.117. The minimum Gasteiger partial charge on any atom is -0.342 e. The van der Waals surface area contributed by atoms with Gasteiger partial charge in [-0.25, -0.2) is 8.42 Å². The number of aryl methyl sites for hydroxylation is 2. The first-order valence-corrected chi connectivity index (χ1v) is 12.4. The zero-order valence-corrected chi connectivity index (χ0v) is 18.2. The molecule has 7 heteroatoms. The van der Waals surface area contributed by atoms with Crippen LogP contribution in [0.2, 0.25) is 0 Å². The number of hydrogen-bond acceptors (Lipinski definition) is 4. The quantitative estimate of drug-likeness (QED) is 0.748. The number of amidine groups is 1. The second-order valence-corrected chi connectivity index (χ2v) is 11.2. The van der Waals surface area contributed by atoms with E-state index in [0.29, 0.717) is 11.7 Å². The fraction of sp³-hybridized carbons (Fsp3) is 0.364. The molecule has 2 aromatic rings. The van der Waals surface area contributed by atoms with Crippen molar-refractivity contribution in [3.63, 3.8) is 0 Å². The van der Waals surface area contributed by atoms with Gasteiger partial charge in [0.05, 0.1) is 24.0 Å². The largest absolute Gasteiger partial charge is 0.342 e. The Morgan fingerprint density at radius 1 is 1.07 bits per heavy atom. The summed E-state index contributed by atoms with van der Waals surface area (Å²) in [5.74, 6) is 0.0780. The Labute approximate surface area is 176 Å². The highest BCUT2D eigenvalue weighted by atomic mass is 32.2. The summed E-state index contributed by atoms with van der Waals surface area (Å²) in [6.45, 7) is 4.59. The molecule has 4 rings (SSSR count). The number of carbonyl (C=O) groups is 1. The molecule has 1 amide bonds. The molecule has 2 heterocycles. The molecule has 2 saturated heterocycles. The summed E-state index contributed by atoms with van der Waals surface area (Å²) >= 11 is 1.43. The van der Waals surface area contributed by atoms with E-state index in [1.165, 1.54) is 17.3 Å². The number of hydrogen-bond donors (Lipinski definition) is 0. The Morgan fingerprint density at radius 2 is 1.83 bits per heavy atom. The fourth-order valence-electron chi connectivity index (χ4n) is 3.85. The van der Waals surface area contributed by atoms with Crippen molar-refractivity contribution in [3.8, 4) is 0 Å². The van der Waals surface area contributed by atoms with Gasteiger partial charge in [-0.15, -0.1) is 0 Å². The van der Waals surface area contributed by atoms with Crippen molar-refractivity contribution < 1.29 is 13.2 Å². The number of nitrogens with zero attached hydrogens (tertiary/aromatic N) is 2. The Hall–Kier alpha value is -2.12. The molecule has 0 unspecified atom stereocenters. The zero-order chi connectivity index (χ0) is 20.6. The van der Waals surface area contributed by atoms with Crippen LogP contribution in [0.25, 0.3) is 0 Å². The Kier molecular flexibility index (Phi) is 5.53. The van der Waals surface area contributed by atoms with E-state index in [1.807, 2.05) is 67.3 Å². The molecule has 0 aliphatic carbocycles. The van der Waals surface area contributed by atoms with Crippen molar-refractivity contribution in [1.82, 2.24) is 4.90 Å². The van der Waals surface area contributed by atoms with Gasteiger partial charge < -0.3 is 4.90 Å². The number of benzene rings is 2. The van der Waals surface area contributed by atoms with Crippen LogP contribution in [0.15, 0.2) is 53.5 Å². The highest BCUT2D eigenvalue weighted by Gasteiger charge is 2.48. The summed E-state index contributed by atoms with van der Waals surface area (Å²) in [5.41, 5.74) is 4.31.